The third-order valence-corrected chi connectivity index (χ3v) is 3.42. The van der Waals surface area contributed by atoms with Crippen LogP contribution in [0.15, 0.2) is 36.4 Å². The van der Waals surface area contributed by atoms with Crippen LogP contribution < -0.4 is 0 Å². The molecule has 110 valence electrons. The number of ketones is 1. The quantitative estimate of drug-likeness (QED) is 0.468. The molecule has 0 atom stereocenters. The summed E-state index contributed by atoms with van der Waals surface area (Å²) in [6.45, 7) is 2.35. The van der Waals surface area contributed by atoms with Gasteiger partial charge >= 0.3 is 0 Å². The maximum Gasteiger partial charge on any atom is 0.294 e. The number of nitrogens with zero attached hydrogens (tertiary/aromatic N) is 1. The zero-order valence-corrected chi connectivity index (χ0v) is 12.7. The third kappa shape index (κ3) is 3.23. The molecule has 0 aliphatic heterocycles. The lowest BCUT2D eigenvalue weighted by Crippen LogP contribution is -2.16. The van der Waals surface area contributed by atoms with Crippen LogP contribution in [0.5, 0.6) is 0 Å². The minimum absolute atomic E-state index is 0.316. The minimum atomic E-state index is -0.982. The van der Waals surface area contributed by atoms with Gasteiger partial charge in [-0.25, -0.2) is 0 Å². The van der Waals surface area contributed by atoms with Crippen molar-refractivity contribution in [2.45, 2.75) is 13.3 Å². The van der Waals surface area contributed by atoms with Gasteiger partial charge in [0.05, 0.1) is 6.61 Å². The second kappa shape index (κ2) is 6.70. The summed E-state index contributed by atoms with van der Waals surface area (Å²) < 4.78 is 6.81. The minimum Gasteiger partial charge on any atom is -0.384 e. The fourth-order valence-corrected chi connectivity index (χ4v) is 2.45. The number of aromatic nitrogens is 1. The molecular weight excluding hydrogens is 290 g/mol. The van der Waals surface area contributed by atoms with Crippen molar-refractivity contribution in [3.05, 3.63) is 53.3 Å². The summed E-state index contributed by atoms with van der Waals surface area (Å²) in [6, 6.07) is 11.3. The molecule has 2 aromatic rings. The number of halogens is 1. The van der Waals surface area contributed by atoms with Gasteiger partial charge in [-0.2, -0.15) is 0 Å². The van der Waals surface area contributed by atoms with Crippen LogP contribution in [0.4, 0.5) is 0 Å². The molecule has 0 aliphatic carbocycles. The van der Waals surface area contributed by atoms with E-state index in [1.807, 2.05) is 43.3 Å². The maximum absolute atomic E-state index is 12.2. The number of methoxy groups -OCH3 is 1. The molecule has 2 rings (SSSR count). The van der Waals surface area contributed by atoms with Gasteiger partial charge in [-0.3, -0.25) is 9.59 Å². The van der Waals surface area contributed by atoms with Gasteiger partial charge in [-0.05, 0) is 48.7 Å². The van der Waals surface area contributed by atoms with E-state index in [1.165, 1.54) is 0 Å². The largest absolute Gasteiger partial charge is 0.384 e. The van der Waals surface area contributed by atoms with Crippen LogP contribution in [0.2, 0.25) is 0 Å². The number of hydrogen-bond donors (Lipinski definition) is 0. The summed E-state index contributed by atoms with van der Waals surface area (Å²) in [7, 11) is 1.59. The Labute approximate surface area is 128 Å². The van der Waals surface area contributed by atoms with E-state index in [9.17, 15) is 9.59 Å². The van der Waals surface area contributed by atoms with Crippen molar-refractivity contribution < 1.29 is 14.3 Å². The van der Waals surface area contributed by atoms with Crippen molar-refractivity contribution in [1.82, 2.24) is 4.57 Å². The topological polar surface area (TPSA) is 48.3 Å². The Morgan fingerprint density at radius 3 is 2.48 bits per heavy atom. The molecule has 0 N–H and O–H groups in total. The van der Waals surface area contributed by atoms with Gasteiger partial charge in [0, 0.05) is 18.5 Å². The number of para-hydroxylation sites is 1. The van der Waals surface area contributed by atoms with Crippen molar-refractivity contribution in [1.29, 1.82) is 0 Å². The van der Waals surface area contributed by atoms with E-state index in [2.05, 4.69) is 0 Å². The standard InChI is InChI=1S/C16H16ClNO3/c1-11-10-12(8-9-21-2)14(15(19)16(17)20)18(11)13-6-4-3-5-7-13/h3-7,10H,8-9H2,1-2H3. The van der Waals surface area contributed by atoms with E-state index < -0.39 is 11.0 Å². The van der Waals surface area contributed by atoms with E-state index in [0.29, 0.717) is 18.7 Å². The molecule has 4 nitrogen and oxygen atoms in total. The molecule has 0 radical (unpaired) electrons. The van der Waals surface area contributed by atoms with Crippen LogP contribution in [0.3, 0.4) is 0 Å². The summed E-state index contributed by atoms with van der Waals surface area (Å²) in [6.07, 6.45) is 0.544. The van der Waals surface area contributed by atoms with E-state index in [4.69, 9.17) is 16.3 Å². The van der Waals surface area contributed by atoms with Gasteiger partial charge in [0.2, 0.25) is 0 Å². The molecule has 0 saturated heterocycles. The number of Topliss-reactive ketones (excluding diaryl/α,β-unsaturated/α-hetero) is 1. The first kappa shape index (κ1) is 15.5. The second-order valence-electron chi connectivity index (χ2n) is 4.68. The van der Waals surface area contributed by atoms with Crippen LogP contribution in [-0.2, 0) is 16.0 Å². The monoisotopic (exact) mass is 305 g/mol. The highest BCUT2D eigenvalue weighted by molar-refractivity contribution is 6.83. The fourth-order valence-electron chi connectivity index (χ4n) is 2.36. The molecule has 0 aliphatic rings. The lowest BCUT2D eigenvalue weighted by atomic mass is 10.1. The highest BCUT2D eigenvalue weighted by Crippen LogP contribution is 2.23. The van der Waals surface area contributed by atoms with Gasteiger partial charge in [-0.15, -0.1) is 0 Å². The number of ether oxygens (including phenoxy) is 1. The summed E-state index contributed by atoms with van der Waals surface area (Å²) in [5.74, 6) is -0.695. The summed E-state index contributed by atoms with van der Waals surface area (Å²) in [5.41, 5.74) is 2.77. The predicted octanol–water partition coefficient (Wildman–Crippen LogP) is 2.92. The molecular formula is C16H16ClNO3. The van der Waals surface area contributed by atoms with Crippen LogP contribution in [-0.4, -0.2) is 29.3 Å². The van der Waals surface area contributed by atoms with Gasteiger partial charge < -0.3 is 9.30 Å². The molecule has 1 aromatic heterocycles. The van der Waals surface area contributed by atoms with E-state index in [0.717, 1.165) is 16.9 Å². The summed E-state index contributed by atoms with van der Waals surface area (Å²) in [4.78, 5) is 23.5. The van der Waals surface area contributed by atoms with E-state index >= 15 is 0 Å². The molecule has 1 heterocycles. The number of hydrogen-bond acceptors (Lipinski definition) is 3. The zero-order valence-electron chi connectivity index (χ0n) is 11.9. The number of carbonyl (C=O) groups excluding carboxylic acids is 2. The van der Waals surface area contributed by atoms with Crippen molar-refractivity contribution in [2.24, 2.45) is 0 Å². The Morgan fingerprint density at radius 2 is 1.90 bits per heavy atom. The molecule has 0 unspecified atom stereocenters. The number of benzene rings is 1. The average molecular weight is 306 g/mol. The smallest absolute Gasteiger partial charge is 0.294 e. The molecule has 0 fully saturated rings. The van der Waals surface area contributed by atoms with Crippen LogP contribution >= 0.6 is 11.6 Å². The summed E-state index contributed by atoms with van der Waals surface area (Å²) >= 11 is 5.40. The Balaban J connectivity index is 2.60. The number of aryl methyl sites for hydroxylation is 1. The number of rotatable bonds is 6. The van der Waals surface area contributed by atoms with Crippen LogP contribution in [0.1, 0.15) is 21.7 Å². The molecule has 0 bridgehead atoms. The highest BCUT2D eigenvalue weighted by Gasteiger charge is 2.24. The van der Waals surface area contributed by atoms with Gasteiger partial charge in [0.25, 0.3) is 11.0 Å². The first-order chi connectivity index (χ1) is 10.1. The number of carbonyl (C=O) groups is 2. The lowest BCUT2D eigenvalue weighted by molar-refractivity contribution is -0.108. The Kier molecular flexibility index (Phi) is 4.94. The highest BCUT2D eigenvalue weighted by atomic mass is 35.5. The normalized spacial score (nSPS) is 10.6. The summed E-state index contributed by atoms with van der Waals surface area (Å²) in [5, 5.41) is -0.982. The Bertz CT molecular complexity index is 662. The SMILES string of the molecule is COCCc1cc(C)n(-c2ccccc2)c1C(=O)C(=O)Cl. The van der Waals surface area contributed by atoms with Gasteiger partial charge in [-0.1, -0.05) is 18.2 Å². The maximum atomic E-state index is 12.2. The van der Waals surface area contributed by atoms with Crippen LogP contribution in [0, 0.1) is 6.92 Å². The molecule has 0 spiro atoms. The van der Waals surface area contributed by atoms with Crippen molar-refractivity contribution >= 4 is 22.6 Å². The first-order valence-corrected chi connectivity index (χ1v) is 6.93. The van der Waals surface area contributed by atoms with E-state index in [1.54, 1.807) is 11.7 Å². The lowest BCUT2D eigenvalue weighted by Gasteiger charge is -2.11. The van der Waals surface area contributed by atoms with E-state index in [-0.39, 0.29) is 0 Å². The predicted molar refractivity (Wildman–Crippen MR) is 81.3 cm³/mol. The molecule has 0 amide bonds. The average Bonchev–Trinajstić information content (AvgIpc) is 2.81. The van der Waals surface area contributed by atoms with Crippen molar-refractivity contribution in [3.63, 3.8) is 0 Å². The van der Waals surface area contributed by atoms with Crippen LogP contribution in [0.25, 0.3) is 5.69 Å². The third-order valence-electron chi connectivity index (χ3n) is 3.25. The first-order valence-electron chi connectivity index (χ1n) is 6.56. The molecule has 21 heavy (non-hydrogen) atoms. The fraction of sp³-hybridized carbons (Fsp3) is 0.250. The molecule has 1 aromatic carbocycles. The Hall–Kier alpha value is -1.91. The second-order valence-corrected chi connectivity index (χ2v) is 5.02. The van der Waals surface area contributed by atoms with Crippen molar-refractivity contribution in [3.8, 4) is 5.69 Å². The zero-order chi connectivity index (χ0) is 15.4. The van der Waals surface area contributed by atoms with Crippen molar-refractivity contribution in [2.75, 3.05) is 13.7 Å². The van der Waals surface area contributed by atoms with Gasteiger partial charge in [0.1, 0.15) is 5.69 Å². The molecule has 0 saturated carbocycles. The Morgan fingerprint density at radius 1 is 1.24 bits per heavy atom. The molecule has 5 heteroatoms. The van der Waals surface area contributed by atoms with Gasteiger partial charge in [0.15, 0.2) is 0 Å².